The number of thioether (sulfide) groups is 1. The lowest BCUT2D eigenvalue weighted by atomic mass is 10.2. The summed E-state index contributed by atoms with van der Waals surface area (Å²) in [4.78, 5) is 5.50. The van der Waals surface area contributed by atoms with Gasteiger partial charge in [-0.15, -0.1) is 11.8 Å². The van der Waals surface area contributed by atoms with Crippen molar-refractivity contribution in [3.63, 3.8) is 0 Å². The molecule has 0 bridgehead atoms. The summed E-state index contributed by atoms with van der Waals surface area (Å²) in [6.45, 7) is 0. The summed E-state index contributed by atoms with van der Waals surface area (Å²) in [5.74, 6) is 0. The summed E-state index contributed by atoms with van der Waals surface area (Å²) >= 11 is 1.72. The second-order valence-corrected chi connectivity index (χ2v) is 3.64. The van der Waals surface area contributed by atoms with E-state index in [1.165, 1.54) is 10.3 Å². The zero-order valence-corrected chi connectivity index (χ0v) is 8.14. The first-order valence-corrected chi connectivity index (χ1v) is 5.22. The molecule has 0 unspecified atom stereocenters. The Balaban J connectivity index is 2.77. The van der Waals surface area contributed by atoms with Gasteiger partial charge in [-0.05, 0) is 30.5 Å². The molecule has 0 saturated carbocycles. The monoisotopic (exact) mass is 190 g/mol. The SMILES string of the molecule is CSc1ccnc2cc(N)ccc12. The van der Waals surface area contributed by atoms with E-state index in [0.717, 1.165) is 11.2 Å². The highest BCUT2D eigenvalue weighted by molar-refractivity contribution is 7.98. The zero-order chi connectivity index (χ0) is 9.26. The maximum Gasteiger partial charge on any atom is 0.0733 e. The molecule has 66 valence electrons. The minimum absolute atomic E-state index is 0.762. The Kier molecular flexibility index (Phi) is 2.10. The molecule has 1 aromatic heterocycles. The maximum atomic E-state index is 5.67. The average molecular weight is 190 g/mol. The Morgan fingerprint density at radius 3 is 2.92 bits per heavy atom. The second kappa shape index (κ2) is 3.26. The highest BCUT2D eigenvalue weighted by Gasteiger charge is 1.99. The first kappa shape index (κ1) is 8.38. The molecule has 0 fully saturated rings. The molecule has 2 rings (SSSR count). The molecule has 3 heteroatoms. The lowest BCUT2D eigenvalue weighted by Gasteiger charge is -2.02. The normalized spacial score (nSPS) is 10.5. The minimum atomic E-state index is 0.762. The van der Waals surface area contributed by atoms with Crippen LogP contribution in [0.1, 0.15) is 0 Å². The Labute approximate surface area is 81.2 Å². The Bertz CT molecular complexity index is 440. The molecule has 2 N–H and O–H groups in total. The van der Waals surface area contributed by atoms with E-state index >= 15 is 0 Å². The van der Waals surface area contributed by atoms with Crippen LogP contribution in [0.2, 0.25) is 0 Å². The van der Waals surface area contributed by atoms with Crippen LogP contribution in [0.3, 0.4) is 0 Å². The summed E-state index contributed by atoms with van der Waals surface area (Å²) in [6.07, 6.45) is 3.87. The molecule has 0 aliphatic carbocycles. The third-order valence-corrected chi connectivity index (χ3v) is 2.74. The van der Waals surface area contributed by atoms with Gasteiger partial charge in [-0.2, -0.15) is 0 Å². The van der Waals surface area contributed by atoms with Crippen molar-refractivity contribution in [1.29, 1.82) is 0 Å². The van der Waals surface area contributed by atoms with Crippen LogP contribution in [-0.2, 0) is 0 Å². The molecular formula is C10H10N2S. The lowest BCUT2D eigenvalue weighted by Crippen LogP contribution is -1.86. The minimum Gasteiger partial charge on any atom is -0.399 e. The van der Waals surface area contributed by atoms with Crippen molar-refractivity contribution in [2.45, 2.75) is 4.90 Å². The van der Waals surface area contributed by atoms with Gasteiger partial charge in [-0.1, -0.05) is 0 Å². The van der Waals surface area contributed by atoms with Gasteiger partial charge >= 0.3 is 0 Å². The van der Waals surface area contributed by atoms with E-state index in [9.17, 15) is 0 Å². The molecule has 0 radical (unpaired) electrons. The van der Waals surface area contributed by atoms with Crippen LogP contribution in [0.5, 0.6) is 0 Å². The topological polar surface area (TPSA) is 38.9 Å². The summed E-state index contributed by atoms with van der Waals surface area (Å²) in [7, 11) is 0. The van der Waals surface area contributed by atoms with Gasteiger partial charge in [0.25, 0.3) is 0 Å². The number of nitrogen functional groups attached to an aromatic ring is 1. The van der Waals surface area contributed by atoms with Gasteiger partial charge < -0.3 is 5.73 Å². The maximum absolute atomic E-state index is 5.67. The van der Waals surface area contributed by atoms with Crippen LogP contribution in [0.4, 0.5) is 5.69 Å². The highest BCUT2D eigenvalue weighted by atomic mass is 32.2. The molecule has 2 aromatic rings. The Hall–Kier alpha value is -1.22. The van der Waals surface area contributed by atoms with Gasteiger partial charge in [-0.25, -0.2) is 0 Å². The summed E-state index contributed by atoms with van der Waals surface area (Å²) in [5.41, 5.74) is 7.40. The fourth-order valence-corrected chi connectivity index (χ4v) is 1.91. The molecule has 0 spiro atoms. The number of hydrogen-bond donors (Lipinski definition) is 1. The number of anilines is 1. The number of aromatic nitrogens is 1. The number of benzene rings is 1. The molecule has 1 heterocycles. The van der Waals surface area contributed by atoms with E-state index in [4.69, 9.17) is 5.73 Å². The quantitative estimate of drug-likeness (QED) is 0.554. The third-order valence-electron chi connectivity index (χ3n) is 1.95. The van der Waals surface area contributed by atoms with Crippen LogP contribution in [-0.4, -0.2) is 11.2 Å². The molecule has 0 atom stereocenters. The van der Waals surface area contributed by atoms with E-state index in [1.807, 2.05) is 30.5 Å². The van der Waals surface area contributed by atoms with E-state index in [0.29, 0.717) is 0 Å². The number of hydrogen-bond acceptors (Lipinski definition) is 3. The predicted octanol–water partition coefficient (Wildman–Crippen LogP) is 2.54. The number of nitrogens with two attached hydrogens (primary N) is 1. The molecule has 0 amide bonds. The van der Waals surface area contributed by atoms with Gasteiger partial charge in [0, 0.05) is 22.2 Å². The average Bonchev–Trinajstić information content (AvgIpc) is 2.16. The zero-order valence-electron chi connectivity index (χ0n) is 7.32. The fourth-order valence-electron chi connectivity index (χ4n) is 1.32. The van der Waals surface area contributed by atoms with Crippen LogP contribution in [0.15, 0.2) is 35.4 Å². The van der Waals surface area contributed by atoms with E-state index in [2.05, 4.69) is 11.2 Å². The van der Waals surface area contributed by atoms with Gasteiger partial charge in [-0.3, -0.25) is 4.98 Å². The lowest BCUT2D eigenvalue weighted by molar-refractivity contribution is 1.36. The largest absolute Gasteiger partial charge is 0.399 e. The van der Waals surface area contributed by atoms with Gasteiger partial charge in [0.15, 0.2) is 0 Å². The molecule has 13 heavy (non-hydrogen) atoms. The molecule has 0 aliphatic rings. The van der Waals surface area contributed by atoms with Crippen molar-refractivity contribution in [2.24, 2.45) is 0 Å². The standard InChI is InChI=1S/C10H10N2S/c1-13-10-4-5-12-9-6-7(11)2-3-8(9)10/h2-6H,11H2,1H3. The summed E-state index contributed by atoms with van der Waals surface area (Å²) < 4.78 is 0. The van der Waals surface area contributed by atoms with Crippen LogP contribution >= 0.6 is 11.8 Å². The van der Waals surface area contributed by atoms with Crippen molar-refractivity contribution in [3.8, 4) is 0 Å². The van der Waals surface area contributed by atoms with Gasteiger partial charge in [0.1, 0.15) is 0 Å². The highest BCUT2D eigenvalue weighted by Crippen LogP contribution is 2.25. The summed E-state index contributed by atoms with van der Waals surface area (Å²) in [6, 6.07) is 7.84. The van der Waals surface area contributed by atoms with E-state index in [-0.39, 0.29) is 0 Å². The van der Waals surface area contributed by atoms with Crippen molar-refractivity contribution >= 4 is 28.4 Å². The van der Waals surface area contributed by atoms with Crippen LogP contribution in [0, 0.1) is 0 Å². The van der Waals surface area contributed by atoms with Crippen molar-refractivity contribution < 1.29 is 0 Å². The van der Waals surface area contributed by atoms with E-state index in [1.54, 1.807) is 11.8 Å². The summed E-state index contributed by atoms with van der Waals surface area (Å²) in [5, 5.41) is 1.17. The molecule has 0 aliphatic heterocycles. The number of pyridine rings is 1. The Morgan fingerprint density at radius 2 is 2.15 bits per heavy atom. The predicted molar refractivity (Wildman–Crippen MR) is 57.9 cm³/mol. The third kappa shape index (κ3) is 1.47. The number of fused-ring (bicyclic) bond motifs is 1. The van der Waals surface area contributed by atoms with Gasteiger partial charge in [0.2, 0.25) is 0 Å². The van der Waals surface area contributed by atoms with Crippen molar-refractivity contribution in [2.75, 3.05) is 12.0 Å². The Morgan fingerprint density at radius 1 is 1.31 bits per heavy atom. The molecule has 2 nitrogen and oxygen atoms in total. The molecule has 1 aromatic carbocycles. The van der Waals surface area contributed by atoms with Crippen molar-refractivity contribution in [3.05, 3.63) is 30.5 Å². The van der Waals surface area contributed by atoms with Crippen LogP contribution < -0.4 is 5.73 Å². The molecule has 0 saturated heterocycles. The van der Waals surface area contributed by atoms with Crippen molar-refractivity contribution in [1.82, 2.24) is 4.98 Å². The first-order chi connectivity index (χ1) is 6.31. The van der Waals surface area contributed by atoms with E-state index < -0.39 is 0 Å². The fraction of sp³-hybridized carbons (Fsp3) is 0.100. The number of rotatable bonds is 1. The number of nitrogens with zero attached hydrogens (tertiary/aromatic N) is 1. The molecular weight excluding hydrogens is 180 g/mol. The second-order valence-electron chi connectivity index (χ2n) is 2.79. The van der Waals surface area contributed by atoms with Gasteiger partial charge in [0.05, 0.1) is 5.52 Å². The smallest absolute Gasteiger partial charge is 0.0733 e. The van der Waals surface area contributed by atoms with Crippen LogP contribution in [0.25, 0.3) is 10.9 Å². The first-order valence-electron chi connectivity index (χ1n) is 3.99.